The van der Waals surface area contributed by atoms with Crippen LogP contribution in [-0.2, 0) is 6.18 Å². The lowest BCUT2D eigenvalue weighted by molar-refractivity contribution is -0.137. The number of alkyl halides is 3. The number of aromatic nitrogens is 5. The lowest BCUT2D eigenvalue weighted by atomic mass is 10.1. The molecule has 2 heterocycles. The highest BCUT2D eigenvalue weighted by atomic mass is 19.4. The van der Waals surface area contributed by atoms with Gasteiger partial charge in [0.05, 0.1) is 12.7 Å². The Labute approximate surface area is 147 Å². The fraction of sp³-hybridized carbons (Fsp3) is 0.250. The number of ether oxygens (including phenoxy) is 1. The Kier molecular flexibility index (Phi) is 6.10. The lowest BCUT2D eigenvalue weighted by Gasteiger charge is -2.10. The fourth-order valence-electron chi connectivity index (χ4n) is 1.88. The molecule has 0 amide bonds. The van der Waals surface area contributed by atoms with Crippen LogP contribution in [0.4, 0.5) is 13.2 Å². The summed E-state index contributed by atoms with van der Waals surface area (Å²) in [7, 11) is 1.29. The molecule has 0 aliphatic carbocycles. The fourth-order valence-corrected chi connectivity index (χ4v) is 1.88. The van der Waals surface area contributed by atoms with Crippen LogP contribution in [0.1, 0.15) is 25.3 Å². The Bertz CT molecular complexity index is 857. The molecule has 0 N–H and O–H groups in total. The van der Waals surface area contributed by atoms with Crippen molar-refractivity contribution in [1.82, 2.24) is 24.9 Å². The van der Waals surface area contributed by atoms with Gasteiger partial charge < -0.3 is 9.26 Å². The summed E-state index contributed by atoms with van der Waals surface area (Å²) >= 11 is 0. The molecule has 3 rings (SSSR count). The molecule has 0 aliphatic rings. The maximum absolute atomic E-state index is 12.9. The Morgan fingerprint density at radius 1 is 1.15 bits per heavy atom. The second-order valence-corrected chi connectivity index (χ2v) is 4.59. The largest absolute Gasteiger partial charge is 0.497 e. The summed E-state index contributed by atoms with van der Waals surface area (Å²) < 4.78 is 49.8. The summed E-state index contributed by atoms with van der Waals surface area (Å²) in [6.07, 6.45) is 1.05. The van der Waals surface area contributed by atoms with Gasteiger partial charge in [0, 0.05) is 17.8 Å². The van der Waals surface area contributed by atoms with Gasteiger partial charge in [0.25, 0.3) is 5.89 Å². The normalized spacial score (nSPS) is 11.3. The van der Waals surface area contributed by atoms with Gasteiger partial charge in [-0.3, -0.25) is 0 Å². The van der Waals surface area contributed by atoms with Crippen LogP contribution in [0.5, 0.6) is 5.75 Å². The molecule has 0 saturated carbocycles. The summed E-state index contributed by atoms with van der Waals surface area (Å²) in [5, 5.41) is 7.52. The van der Waals surface area contributed by atoms with Crippen LogP contribution in [0, 0.1) is 0 Å². The summed E-state index contributed by atoms with van der Waals surface area (Å²) in [5.74, 6) is 0.444. The summed E-state index contributed by atoms with van der Waals surface area (Å²) in [6, 6.07) is 3.30. The number of hydrogen-bond acceptors (Lipinski definition) is 6. The molecule has 138 valence electrons. The van der Waals surface area contributed by atoms with Crippen molar-refractivity contribution in [3.05, 3.63) is 42.3 Å². The Morgan fingerprint density at radius 2 is 1.92 bits per heavy atom. The predicted octanol–water partition coefficient (Wildman–Crippen LogP) is 4.01. The molecule has 26 heavy (non-hydrogen) atoms. The molecule has 0 fully saturated rings. The molecule has 3 aromatic rings. The third-order valence-corrected chi connectivity index (χ3v) is 2.98. The van der Waals surface area contributed by atoms with Crippen molar-refractivity contribution in [3.63, 3.8) is 0 Å². The zero-order valence-corrected chi connectivity index (χ0v) is 14.2. The van der Waals surface area contributed by atoms with Gasteiger partial charge in [-0.05, 0) is 18.2 Å². The van der Waals surface area contributed by atoms with Gasteiger partial charge >= 0.3 is 6.18 Å². The molecule has 0 bridgehead atoms. The number of benzene rings is 1. The van der Waals surface area contributed by atoms with Gasteiger partial charge in [0.15, 0.2) is 12.2 Å². The summed E-state index contributed by atoms with van der Waals surface area (Å²) in [4.78, 5) is 7.79. The average molecular weight is 367 g/mol. The number of nitrogens with zero attached hydrogens (tertiary/aromatic N) is 5. The quantitative estimate of drug-likeness (QED) is 0.693. The first-order valence-corrected chi connectivity index (χ1v) is 7.58. The van der Waals surface area contributed by atoms with Crippen LogP contribution in [0.2, 0.25) is 0 Å². The molecule has 0 radical (unpaired) electrons. The van der Waals surface area contributed by atoms with Gasteiger partial charge in [-0.25, -0.2) is 9.67 Å². The zero-order valence-electron chi connectivity index (χ0n) is 14.2. The van der Waals surface area contributed by atoms with Crippen molar-refractivity contribution >= 4 is 12.3 Å². The van der Waals surface area contributed by atoms with E-state index in [-0.39, 0.29) is 23.0 Å². The first-order chi connectivity index (χ1) is 12.5. The standard InChI is InChI=1S/C14H10F3N5O2.C2H6/c1-23-11-5-9(4-10(6-11)14(15,16)17)13-19-8-22(21-13)3-2-12-18-7-20-24-12;1-2/h2-8H,1H3;1-2H3/b3-2-;. The number of rotatable bonds is 4. The van der Waals surface area contributed by atoms with Crippen LogP contribution in [-0.4, -0.2) is 32.0 Å². The van der Waals surface area contributed by atoms with Crippen LogP contribution >= 0.6 is 0 Å². The highest BCUT2D eigenvalue weighted by molar-refractivity contribution is 5.60. The van der Waals surface area contributed by atoms with E-state index in [4.69, 9.17) is 9.26 Å². The number of methoxy groups -OCH3 is 1. The van der Waals surface area contributed by atoms with E-state index in [1.807, 2.05) is 13.8 Å². The van der Waals surface area contributed by atoms with Crippen molar-refractivity contribution in [2.24, 2.45) is 0 Å². The van der Waals surface area contributed by atoms with Crippen molar-refractivity contribution in [2.45, 2.75) is 20.0 Å². The molecule has 10 heteroatoms. The van der Waals surface area contributed by atoms with E-state index in [9.17, 15) is 13.2 Å². The topological polar surface area (TPSA) is 78.9 Å². The van der Waals surface area contributed by atoms with Crippen LogP contribution in [0.25, 0.3) is 23.7 Å². The summed E-state index contributed by atoms with van der Waals surface area (Å²) in [6.45, 7) is 4.00. The third kappa shape index (κ3) is 4.68. The molecule has 0 spiro atoms. The lowest BCUT2D eigenvalue weighted by Crippen LogP contribution is -2.05. The molecule has 0 unspecified atom stereocenters. The van der Waals surface area contributed by atoms with Crippen LogP contribution in [0.15, 0.2) is 35.4 Å². The monoisotopic (exact) mass is 367 g/mol. The van der Waals surface area contributed by atoms with Crippen molar-refractivity contribution in [2.75, 3.05) is 7.11 Å². The molecule has 0 saturated heterocycles. The van der Waals surface area contributed by atoms with Crippen molar-refractivity contribution < 1.29 is 22.4 Å². The molecule has 1 aromatic carbocycles. The highest BCUT2D eigenvalue weighted by Gasteiger charge is 2.31. The van der Waals surface area contributed by atoms with Crippen LogP contribution < -0.4 is 4.74 Å². The van der Waals surface area contributed by atoms with E-state index < -0.39 is 11.7 Å². The zero-order chi connectivity index (χ0) is 19.2. The molecular weight excluding hydrogens is 351 g/mol. The molecular formula is C16H16F3N5O2. The third-order valence-electron chi connectivity index (χ3n) is 2.98. The Hall–Kier alpha value is -3.17. The van der Waals surface area contributed by atoms with E-state index in [1.165, 1.54) is 42.8 Å². The Morgan fingerprint density at radius 3 is 2.54 bits per heavy atom. The van der Waals surface area contributed by atoms with E-state index in [0.29, 0.717) is 0 Å². The number of halogens is 3. The molecule has 0 aliphatic heterocycles. The van der Waals surface area contributed by atoms with Gasteiger partial charge in [-0.1, -0.05) is 19.0 Å². The Balaban J connectivity index is 0.00000117. The smallest absolute Gasteiger partial charge is 0.416 e. The molecule has 2 aromatic heterocycles. The minimum atomic E-state index is -4.50. The predicted molar refractivity (Wildman–Crippen MR) is 87.9 cm³/mol. The van der Waals surface area contributed by atoms with Crippen LogP contribution in [0.3, 0.4) is 0 Å². The van der Waals surface area contributed by atoms with E-state index in [2.05, 4.69) is 20.2 Å². The van der Waals surface area contributed by atoms with E-state index in [1.54, 1.807) is 0 Å². The minimum Gasteiger partial charge on any atom is -0.497 e. The minimum absolute atomic E-state index is 0.0672. The van der Waals surface area contributed by atoms with Crippen molar-refractivity contribution in [3.8, 4) is 17.1 Å². The maximum atomic E-state index is 12.9. The first kappa shape index (κ1) is 19.2. The molecule has 7 nitrogen and oxygen atoms in total. The maximum Gasteiger partial charge on any atom is 0.416 e. The second kappa shape index (κ2) is 8.28. The van der Waals surface area contributed by atoms with Crippen molar-refractivity contribution in [1.29, 1.82) is 0 Å². The van der Waals surface area contributed by atoms with E-state index >= 15 is 0 Å². The highest BCUT2D eigenvalue weighted by Crippen LogP contribution is 2.34. The first-order valence-electron chi connectivity index (χ1n) is 7.58. The second-order valence-electron chi connectivity index (χ2n) is 4.59. The molecule has 0 atom stereocenters. The number of hydrogen-bond donors (Lipinski definition) is 0. The van der Waals surface area contributed by atoms with Gasteiger partial charge in [-0.2, -0.15) is 18.2 Å². The SMILES string of the molecule is CC.COc1cc(-c2ncn(/C=C\c3ncno3)n2)cc(C(F)(F)F)c1. The van der Waals surface area contributed by atoms with Gasteiger partial charge in [0.2, 0.25) is 0 Å². The van der Waals surface area contributed by atoms with E-state index in [0.717, 1.165) is 12.1 Å². The van der Waals surface area contributed by atoms with Gasteiger partial charge in [0.1, 0.15) is 12.1 Å². The van der Waals surface area contributed by atoms with Gasteiger partial charge in [-0.15, -0.1) is 5.10 Å². The average Bonchev–Trinajstić information content (AvgIpc) is 3.32. The summed E-state index contributed by atoms with van der Waals surface area (Å²) in [5.41, 5.74) is -0.652.